The van der Waals surface area contributed by atoms with Crippen molar-refractivity contribution in [3.8, 4) is 11.4 Å². The summed E-state index contributed by atoms with van der Waals surface area (Å²) >= 11 is 1.43. The number of imidazole rings is 1. The molecule has 0 aliphatic heterocycles. The number of H-pyrrole nitrogens is 1. The highest BCUT2D eigenvalue weighted by Gasteiger charge is 2.13. The zero-order chi connectivity index (χ0) is 16.5. The van der Waals surface area contributed by atoms with Crippen LogP contribution in [0.15, 0.2) is 53.7 Å². The minimum Gasteiger partial charge on any atom is -0.341 e. The van der Waals surface area contributed by atoms with Gasteiger partial charge in [-0.25, -0.2) is 14.1 Å². The van der Waals surface area contributed by atoms with E-state index in [4.69, 9.17) is 5.84 Å². The van der Waals surface area contributed by atoms with E-state index in [0.717, 1.165) is 16.9 Å². The number of nitrogen functional groups attached to an aromatic ring is 1. The summed E-state index contributed by atoms with van der Waals surface area (Å²) < 4.78 is 14.4. The van der Waals surface area contributed by atoms with Crippen LogP contribution in [0, 0.1) is 5.82 Å². The van der Waals surface area contributed by atoms with Gasteiger partial charge in [-0.1, -0.05) is 23.9 Å². The molecule has 0 unspecified atom stereocenters. The summed E-state index contributed by atoms with van der Waals surface area (Å²) in [6.07, 6.45) is 0. The van der Waals surface area contributed by atoms with Crippen LogP contribution in [-0.2, 0) is 5.75 Å². The van der Waals surface area contributed by atoms with Gasteiger partial charge in [0.25, 0.3) is 0 Å². The predicted molar refractivity (Wildman–Crippen MR) is 91.2 cm³/mol. The molecule has 0 saturated heterocycles. The smallest absolute Gasteiger partial charge is 0.210 e. The number of fused-ring (bicyclic) bond motifs is 1. The van der Waals surface area contributed by atoms with Crippen LogP contribution in [0.2, 0.25) is 0 Å². The first-order valence-corrected chi connectivity index (χ1v) is 8.22. The molecule has 6 nitrogen and oxygen atoms in total. The van der Waals surface area contributed by atoms with Crippen LogP contribution in [0.3, 0.4) is 0 Å². The van der Waals surface area contributed by atoms with Crippen molar-refractivity contribution in [2.45, 2.75) is 10.9 Å². The average molecular weight is 340 g/mol. The van der Waals surface area contributed by atoms with Gasteiger partial charge in [0.05, 0.1) is 16.8 Å². The fourth-order valence-electron chi connectivity index (χ4n) is 2.38. The molecule has 4 rings (SSSR count). The lowest BCUT2D eigenvalue weighted by Crippen LogP contribution is -2.11. The lowest BCUT2D eigenvalue weighted by Gasteiger charge is -2.03. The second-order valence-corrected chi connectivity index (χ2v) is 6.11. The van der Waals surface area contributed by atoms with Gasteiger partial charge in [0.1, 0.15) is 11.6 Å². The van der Waals surface area contributed by atoms with E-state index < -0.39 is 0 Å². The molecule has 0 fully saturated rings. The third-order valence-corrected chi connectivity index (χ3v) is 4.50. The van der Waals surface area contributed by atoms with Crippen molar-refractivity contribution in [3.05, 3.63) is 60.2 Å². The Morgan fingerprint density at radius 2 is 1.88 bits per heavy atom. The Morgan fingerprint density at radius 1 is 1.08 bits per heavy atom. The first kappa shape index (κ1) is 14.7. The number of hydrogen-bond donors (Lipinski definition) is 2. The summed E-state index contributed by atoms with van der Waals surface area (Å²) in [5.41, 5.74) is 2.63. The maximum atomic E-state index is 13.0. The van der Waals surface area contributed by atoms with Crippen molar-refractivity contribution < 1.29 is 4.39 Å². The number of nitrogens with one attached hydrogen (secondary N) is 1. The Kier molecular flexibility index (Phi) is 3.66. The molecule has 4 aromatic rings. The van der Waals surface area contributed by atoms with E-state index >= 15 is 0 Å². The molecule has 8 heteroatoms. The fraction of sp³-hybridized carbons (Fsp3) is 0.0625. The molecule has 0 saturated carbocycles. The van der Waals surface area contributed by atoms with E-state index in [1.165, 1.54) is 28.6 Å². The highest BCUT2D eigenvalue weighted by atomic mass is 32.2. The van der Waals surface area contributed by atoms with Crippen LogP contribution in [0.5, 0.6) is 0 Å². The Bertz CT molecular complexity index is 958. The largest absolute Gasteiger partial charge is 0.341 e. The Labute approximate surface area is 140 Å². The van der Waals surface area contributed by atoms with Gasteiger partial charge in [0.15, 0.2) is 5.82 Å². The standard InChI is InChI=1S/C16H13FN6S/c17-11-7-5-10(6-8-11)15-21-22-16(23(15)18)24-9-14-19-12-3-1-2-4-13(12)20-14/h1-8H,9,18H2,(H,19,20). The van der Waals surface area contributed by atoms with Crippen LogP contribution in [0.1, 0.15) is 5.82 Å². The first-order valence-electron chi connectivity index (χ1n) is 7.23. The zero-order valence-electron chi connectivity index (χ0n) is 12.5. The van der Waals surface area contributed by atoms with E-state index in [-0.39, 0.29) is 5.82 Å². The molecule has 0 spiro atoms. The van der Waals surface area contributed by atoms with Gasteiger partial charge in [-0.05, 0) is 36.4 Å². The third kappa shape index (κ3) is 2.71. The van der Waals surface area contributed by atoms with Gasteiger partial charge in [0, 0.05) is 5.56 Å². The number of nitrogens with two attached hydrogens (primary N) is 1. The topological polar surface area (TPSA) is 85.4 Å². The normalized spacial score (nSPS) is 11.2. The number of thioether (sulfide) groups is 1. The van der Waals surface area contributed by atoms with E-state index in [9.17, 15) is 4.39 Å². The van der Waals surface area contributed by atoms with Crippen LogP contribution in [-0.4, -0.2) is 24.8 Å². The molecule has 0 atom stereocenters. The molecule has 0 amide bonds. The average Bonchev–Trinajstić information content (AvgIpc) is 3.17. The molecule has 3 N–H and O–H groups in total. The molecule has 0 bridgehead atoms. The van der Waals surface area contributed by atoms with E-state index in [0.29, 0.717) is 22.3 Å². The Morgan fingerprint density at radius 3 is 2.67 bits per heavy atom. The molecule has 24 heavy (non-hydrogen) atoms. The lowest BCUT2D eigenvalue weighted by molar-refractivity contribution is 0.628. The molecule has 0 aliphatic carbocycles. The number of halogens is 1. The minimum absolute atomic E-state index is 0.304. The van der Waals surface area contributed by atoms with Crippen molar-refractivity contribution >= 4 is 22.8 Å². The van der Waals surface area contributed by atoms with E-state index in [1.54, 1.807) is 12.1 Å². The molecule has 0 aliphatic rings. The lowest BCUT2D eigenvalue weighted by atomic mass is 10.2. The summed E-state index contributed by atoms with van der Waals surface area (Å²) in [4.78, 5) is 7.77. The van der Waals surface area contributed by atoms with Crippen molar-refractivity contribution in [1.29, 1.82) is 0 Å². The zero-order valence-corrected chi connectivity index (χ0v) is 13.3. The van der Waals surface area contributed by atoms with Crippen molar-refractivity contribution in [2.24, 2.45) is 0 Å². The van der Waals surface area contributed by atoms with Crippen molar-refractivity contribution in [2.75, 3.05) is 5.84 Å². The highest BCUT2D eigenvalue weighted by molar-refractivity contribution is 7.98. The number of para-hydroxylation sites is 2. The number of benzene rings is 2. The first-order chi connectivity index (χ1) is 11.7. The molecule has 2 heterocycles. The van der Waals surface area contributed by atoms with Crippen LogP contribution < -0.4 is 5.84 Å². The van der Waals surface area contributed by atoms with Crippen LogP contribution in [0.25, 0.3) is 22.4 Å². The molecule has 2 aromatic heterocycles. The summed E-state index contributed by atoms with van der Waals surface area (Å²) in [6.45, 7) is 0. The van der Waals surface area contributed by atoms with Crippen molar-refractivity contribution in [3.63, 3.8) is 0 Å². The predicted octanol–water partition coefficient (Wildman–Crippen LogP) is 2.97. The molecule has 2 aromatic carbocycles. The van der Waals surface area contributed by atoms with Gasteiger partial charge in [-0.3, -0.25) is 0 Å². The van der Waals surface area contributed by atoms with Gasteiger partial charge in [-0.15, -0.1) is 10.2 Å². The monoisotopic (exact) mass is 340 g/mol. The quantitative estimate of drug-likeness (QED) is 0.441. The Hall–Kier alpha value is -2.87. The Balaban J connectivity index is 1.54. The second-order valence-electron chi connectivity index (χ2n) is 5.17. The SMILES string of the molecule is Nn1c(SCc2nc3ccccc3[nH]2)nnc1-c1ccc(F)cc1. The maximum absolute atomic E-state index is 13.0. The molecule has 120 valence electrons. The molecule has 0 radical (unpaired) electrons. The molecular formula is C16H13FN6S. The number of hydrogen-bond acceptors (Lipinski definition) is 5. The summed E-state index contributed by atoms with van der Waals surface area (Å²) in [7, 11) is 0. The summed E-state index contributed by atoms with van der Waals surface area (Å²) in [6, 6.07) is 13.8. The van der Waals surface area contributed by atoms with Gasteiger partial charge < -0.3 is 10.8 Å². The number of aromatic amines is 1. The summed E-state index contributed by atoms with van der Waals surface area (Å²) in [5, 5.41) is 8.75. The summed E-state index contributed by atoms with van der Waals surface area (Å²) in [5.74, 6) is 7.67. The fourth-order valence-corrected chi connectivity index (χ4v) is 3.10. The highest BCUT2D eigenvalue weighted by Crippen LogP contribution is 2.24. The van der Waals surface area contributed by atoms with E-state index in [1.807, 2.05) is 24.3 Å². The number of nitrogens with zero attached hydrogens (tertiary/aromatic N) is 4. The van der Waals surface area contributed by atoms with Gasteiger partial charge >= 0.3 is 0 Å². The van der Waals surface area contributed by atoms with Gasteiger partial charge in [-0.2, -0.15) is 0 Å². The third-order valence-electron chi connectivity index (χ3n) is 3.54. The molecular weight excluding hydrogens is 327 g/mol. The minimum atomic E-state index is -0.304. The van der Waals surface area contributed by atoms with Gasteiger partial charge in [0.2, 0.25) is 5.16 Å². The second kappa shape index (κ2) is 5.97. The van der Waals surface area contributed by atoms with E-state index in [2.05, 4.69) is 20.2 Å². The van der Waals surface area contributed by atoms with Crippen LogP contribution in [0.4, 0.5) is 4.39 Å². The number of rotatable bonds is 4. The van der Waals surface area contributed by atoms with Crippen LogP contribution >= 0.6 is 11.8 Å². The number of aromatic nitrogens is 5. The maximum Gasteiger partial charge on any atom is 0.210 e. The van der Waals surface area contributed by atoms with Crippen molar-refractivity contribution in [1.82, 2.24) is 24.8 Å².